The number of carbonyl (C=O) groups is 6. The highest BCUT2D eigenvalue weighted by molar-refractivity contribution is 8.00. The molecule has 0 bridgehead atoms. The van der Waals surface area contributed by atoms with Crippen molar-refractivity contribution in [2.75, 3.05) is 123 Å². The fourth-order valence-corrected chi connectivity index (χ4v) is 12.5. The van der Waals surface area contributed by atoms with Gasteiger partial charge in [0.05, 0.1) is 116 Å². The van der Waals surface area contributed by atoms with Crippen LogP contribution in [0.4, 0.5) is 20.4 Å². The summed E-state index contributed by atoms with van der Waals surface area (Å²) in [7, 11) is 6.64. The number of nitrogens with two attached hydrogens (primary N) is 1. The van der Waals surface area contributed by atoms with Gasteiger partial charge in [-0.15, -0.1) is 11.3 Å². The lowest BCUT2D eigenvalue weighted by Gasteiger charge is -2.31. The number of methoxy groups -OCH3 is 1. The number of ether oxygens (including phenoxy) is 4. The standard InChI is InChI=1S/C56H66F2N12O7S2.C7H14N2O3/c1-3-32-78-66-43-8-4-7-40(51(43)58)53-54(44-12-18-61-56(59)63-44)79-55(64-53)37-15-22-69(23-16-37)49(74)17-26-75-28-30-77-31-29-76-27-19-60-47(72)10-11-48(73)68-20-13-36(14-21-68)52-50-39(6-5-9-45(50)70(65-52)24-25-71)41-34-46-38(33-42(41)57)35-62-67(46)2;1-9(2)5-6(10)8-4-7(11)12-3/h4-9,12,18,25,33-37,66H,3,10-11,13-17,19-24,26-32H2,1-2H3,(H,60,72)(H2,59,61,63);4-5H2,1-3H3,(H,8,10). The lowest BCUT2D eigenvalue weighted by atomic mass is 9.88. The number of halogens is 2. The second kappa shape index (κ2) is 34.4. The van der Waals surface area contributed by atoms with Crippen LogP contribution in [-0.4, -0.2) is 198 Å². The van der Waals surface area contributed by atoms with Crippen LogP contribution in [0.3, 0.4) is 0 Å². The number of aromatic nitrogens is 7. The molecule has 3 aromatic carbocycles. The molecule has 2 aliphatic rings. The van der Waals surface area contributed by atoms with E-state index in [9.17, 15) is 28.8 Å². The van der Waals surface area contributed by atoms with Gasteiger partial charge in [0, 0.05) is 98.3 Å². The third kappa shape index (κ3) is 19.0. The van der Waals surface area contributed by atoms with Gasteiger partial charge in [-0.25, -0.2) is 23.7 Å². The topological polar surface area (TPSA) is 285 Å². The maximum Gasteiger partial charge on any atom is 0.325 e. The van der Waals surface area contributed by atoms with Gasteiger partial charge < -0.3 is 59.5 Å². The Kier molecular flexibility index (Phi) is 26.1. The fourth-order valence-electron chi connectivity index (χ4n) is 10.7. The molecule has 24 nitrogen and oxygen atoms in total. The van der Waals surface area contributed by atoms with Crippen LogP contribution in [0.1, 0.15) is 80.8 Å². The largest absolute Gasteiger partial charge is 0.468 e. The maximum absolute atomic E-state index is 16.0. The van der Waals surface area contributed by atoms with E-state index >= 15 is 8.78 Å². The lowest BCUT2D eigenvalue weighted by Crippen LogP contribution is -2.38. The van der Waals surface area contributed by atoms with Crippen LogP contribution in [0, 0.1) is 11.6 Å². The molecule has 0 spiro atoms. The van der Waals surface area contributed by atoms with Crippen molar-refractivity contribution in [2.45, 2.75) is 76.7 Å². The van der Waals surface area contributed by atoms with Crippen molar-refractivity contribution in [1.29, 1.82) is 0 Å². The first kappa shape index (κ1) is 68.9. The van der Waals surface area contributed by atoms with Crippen molar-refractivity contribution in [1.82, 2.24) is 59.8 Å². The van der Waals surface area contributed by atoms with E-state index < -0.39 is 5.97 Å². The van der Waals surface area contributed by atoms with Gasteiger partial charge in [0.25, 0.3) is 0 Å². The molecule has 0 aliphatic carbocycles. The zero-order valence-electron chi connectivity index (χ0n) is 52.1. The number of esters is 1. The SMILES string of the molecule is CCCSNc1cccc(-c2nc(C3CCN(C(=O)CCOCCOCCOCCNC(=O)CCC(=O)N4CCC(c5nn(CC=O)c6cccc(-c7cc8c(cnn8C)cc7F)c56)CC4)CC3)sc2-c2ccnc(N)n2)c1F.COC(=O)CNC(=O)CN(C)C. The molecule has 488 valence electrons. The molecule has 2 saturated heterocycles. The number of hydrogen-bond donors (Lipinski definition) is 4. The number of nitrogens with one attached hydrogen (secondary N) is 3. The molecule has 0 unspecified atom stereocenters. The van der Waals surface area contributed by atoms with Gasteiger partial charge in [-0.1, -0.05) is 37.1 Å². The molecule has 28 heteroatoms. The number of nitrogen functional groups attached to an aromatic ring is 1. The second-order valence-corrected chi connectivity index (χ2v) is 24.0. The minimum Gasteiger partial charge on any atom is -0.468 e. The predicted molar refractivity (Wildman–Crippen MR) is 345 cm³/mol. The molecule has 2 aliphatic heterocycles. The number of anilines is 2. The van der Waals surface area contributed by atoms with E-state index in [4.69, 9.17) is 30.0 Å². The van der Waals surface area contributed by atoms with E-state index in [1.165, 1.54) is 36.5 Å². The fraction of sp³-hybridized carbons (Fsp3) is 0.476. The first-order valence-electron chi connectivity index (χ1n) is 30.4. The third-order valence-electron chi connectivity index (χ3n) is 15.4. The Balaban J connectivity index is 0.000000805. The molecule has 9 rings (SSSR count). The number of likely N-dealkylation sites (N-methyl/N-ethyl adjacent to an activating group) is 1. The Morgan fingerprint density at radius 1 is 0.802 bits per heavy atom. The van der Waals surface area contributed by atoms with Crippen molar-refractivity contribution in [3.63, 3.8) is 0 Å². The summed E-state index contributed by atoms with van der Waals surface area (Å²) < 4.78 is 59.4. The molecular weight excluding hydrogens is 1210 g/mol. The number of hydrogen-bond acceptors (Lipinski definition) is 20. The Labute approximate surface area is 535 Å². The molecule has 91 heavy (non-hydrogen) atoms. The number of thiazole rings is 1. The van der Waals surface area contributed by atoms with Crippen LogP contribution in [0.2, 0.25) is 0 Å². The molecule has 7 aromatic rings. The van der Waals surface area contributed by atoms with Gasteiger partial charge in [0.2, 0.25) is 29.6 Å². The molecule has 6 heterocycles. The minimum absolute atomic E-state index is 0.0200. The smallest absolute Gasteiger partial charge is 0.325 e. The van der Waals surface area contributed by atoms with Crippen LogP contribution < -0.4 is 21.1 Å². The molecule has 4 aromatic heterocycles. The molecule has 2 fully saturated rings. The number of carbonyl (C=O) groups excluding carboxylic acids is 6. The van der Waals surface area contributed by atoms with Crippen molar-refractivity contribution in [3.8, 4) is 33.0 Å². The summed E-state index contributed by atoms with van der Waals surface area (Å²) in [6.45, 7) is 6.61. The van der Waals surface area contributed by atoms with Crippen molar-refractivity contribution >= 4 is 92.6 Å². The van der Waals surface area contributed by atoms with Crippen LogP contribution in [0.15, 0.2) is 67.0 Å². The first-order chi connectivity index (χ1) is 44.1. The van der Waals surface area contributed by atoms with E-state index in [0.717, 1.165) is 45.6 Å². The zero-order valence-corrected chi connectivity index (χ0v) is 53.7. The van der Waals surface area contributed by atoms with Crippen molar-refractivity contribution in [3.05, 3.63) is 89.3 Å². The number of amides is 4. The van der Waals surface area contributed by atoms with E-state index in [1.807, 2.05) is 36.2 Å². The van der Waals surface area contributed by atoms with E-state index in [2.05, 4.69) is 42.1 Å². The molecule has 0 atom stereocenters. The lowest BCUT2D eigenvalue weighted by molar-refractivity contribution is -0.141. The average molecular weight is 1300 g/mol. The van der Waals surface area contributed by atoms with Crippen LogP contribution >= 0.6 is 23.3 Å². The summed E-state index contributed by atoms with van der Waals surface area (Å²) in [4.78, 5) is 91.6. The van der Waals surface area contributed by atoms with Gasteiger partial charge in [0.15, 0.2) is 5.82 Å². The van der Waals surface area contributed by atoms with E-state index in [-0.39, 0.29) is 105 Å². The van der Waals surface area contributed by atoms with Crippen molar-refractivity contribution < 1.29 is 56.5 Å². The van der Waals surface area contributed by atoms with Crippen LogP contribution in [-0.2, 0) is 61.3 Å². The normalized spacial score (nSPS) is 13.8. The number of piperidine rings is 2. The Hall–Kier alpha value is -8.02. The Morgan fingerprint density at radius 2 is 1.48 bits per heavy atom. The summed E-state index contributed by atoms with van der Waals surface area (Å²) in [6, 6.07) is 15.9. The van der Waals surface area contributed by atoms with Crippen LogP contribution in [0.25, 0.3) is 54.8 Å². The zero-order chi connectivity index (χ0) is 64.8. The highest BCUT2D eigenvalue weighted by Gasteiger charge is 2.31. The Morgan fingerprint density at radius 3 is 2.18 bits per heavy atom. The van der Waals surface area contributed by atoms with Gasteiger partial charge in [-0.2, -0.15) is 10.2 Å². The third-order valence-corrected chi connectivity index (χ3v) is 17.6. The summed E-state index contributed by atoms with van der Waals surface area (Å²) in [5, 5.41) is 16.7. The highest BCUT2D eigenvalue weighted by Crippen LogP contribution is 2.44. The number of benzene rings is 3. The number of nitrogens with zero attached hydrogens (tertiary/aromatic N) is 10. The van der Waals surface area contributed by atoms with Crippen LogP contribution in [0.5, 0.6) is 0 Å². The maximum atomic E-state index is 16.0. The van der Waals surface area contributed by atoms with E-state index in [0.29, 0.717) is 129 Å². The predicted octanol–water partition coefficient (Wildman–Crippen LogP) is 6.99. The number of fused-ring (bicyclic) bond motifs is 2. The summed E-state index contributed by atoms with van der Waals surface area (Å²) in [6.07, 6.45) is 8.04. The van der Waals surface area contributed by atoms with Gasteiger partial charge in [0.1, 0.15) is 18.6 Å². The average Bonchev–Trinajstić information content (AvgIpc) is 1.67. The molecule has 4 amide bonds. The summed E-state index contributed by atoms with van der Waals surface area (Å²) in [5.74, 6) is -0.694. The van der Waals surface area contributed by atoms with Crippen molar-refractivity contribution in [2.24, 2.45) is 7.05 Å². The number of rotatable bonds is 30. The summed E-state index contributed by atoms with van der Waals surface area (Å²) in [5.41, 5.74) is 11.2. The second-order valence-electron chi connectivity index (χ2n) is 22.1. The number of aldehydes is 1. The Bertz CT molecular complexity index is 3610. The first-order valence-corrected chi connectivity index (χ1v) is 32.2. The van der Waals surface area contributed by atoms with Gasteiger partial charge in [-0.05, 0) is 88.2 Å². The molecule has 0 radical (unpaired) electrons. The minimum atomic E-state index is -0.442. The van der Waals surface area contributed by atoms with Gasteiger partial charge in [-0.3, -0.25) is 33.3 Å². The number of likely N-dealkylation sites (tertiary alicyclic amines) is 2. The summed E-state index contributed by atoms with van der Waals surface area (Å²) >= 11 is 2.93. The van der Waals surface area contributed by atoms with Gasteiger partial charge >= 0.3 is 5.97 Å². The monoisotopic (exact) mass is 1290 g/mol. The number of aryl methyl sites for hydroxylation is 1. The molecular formula is C63H80F2N14O10S2. The van der Waals surface area contributed by atoms with E-state index in [1.54, 1.807) is 69.9 Å². The molecule has 5 N–H and O–H groups in total. The highest BCUT2D eigenvalue weighted by atomic mass is 32.2. The molecule has 0 saturated carbocycles. The quantitative estimate of drug-likeness (QED) is 0.0153.